The molecule has 1 fully saturated rings. The summed E-state index contributed by atoms with van der Waals surface area (Å²) >= 11 is 0. The van der Waals surface area contributed by atoms with Gasteiger partial charge in [-0.25, -0.2) is 14.3 Å². The highest BCUT2D eigenvalue weighted by Crippen LogP contribution is 2.16. The van der Waals surface area contributed by atoms with E-state index >= 15 is 0 Å². The molecule has 1 aliphatic rings. The highest BCUT2D eigenvalue weighted by molar-refractivity contribution is 5.80. The molecular formula is C22H27N5O2. The SMILES string of the molecule is C[C@H]1CCCCN1CCNC(=O)Cn1c(=O)n(-c2ccccc2)c2ncccc21. The molecule has 1 aliphatic heterocycles. The average molecular weight is 393 g/mol. The molecule has 0 radical (unpaired) electrons. The van der Waals surface area contributed by atoms with Gasteiger partial charge in [0.05, 0.1) is 11.2 Å². The van der Waals surface area contributed by atoms with Crippen molar-refractivity contribution in [1.82, 2.24) is 24.3 Å². The molecule has 1 N–H and O–H groups in total. The maximum Gasteiger partial charge on any atom is 0.335 e. The second kappa shape index (κ2) is 8.61. The minimum Gasteiger partial charge on any atom is -0.353 e. The van der Waals surface area contributed by atoms with E-state index in [9.17, 15) is 9.59 Å². The van der Waals surface area contributed by atoms with Gasteiger partial charge in [-0.2, -0.15) is 0 Å². The molecule has 0 unspecified atom stereocenters. The number of carbonyl (C=O) groups is 1. The van der Waals surface area contributed by atoms with E-state index in [-0.39, 0.29) is 18.1 Å². The summed E-state index contributed by atoms with van der Waals surface area (Å²) in [5, 5.41) is 2.97. The summed E-state index contributed by atoms with van der Waals surface area (Å²) in [5.41, 5.74) is 1.68. The second-order valence-corrected chi connectivity index (χ2v) is 7.62. The molecule has 4 rings (SSSR count). The number of pyridine rings is 1. The van der Waals surface area contributed by atoms with E-state index in [1.54, 1.807) is 16.8 Å². The third-order valence-electron chi connectivity index (χ3n) is 5.67. The van der Waals surface area contributed by atoms with Crippen LogP contribution in [0.25, 0.3) is 16.9 Å². The second-order valence-electron chi connectivity index (χ2n) is 7.62. The van der Waals surface area contributed by atoms with Gasteiger partial charge in [0.25, 0.3) is 0 Å². The number of hydrogen-bond acceptors (Lipinski definition) is 4. The van der Waals surface area contributed by atoms with Gasteiger partial charge in [-0.1, -0.05) is 24.6 Å². The van der Waals surface area contributed by atoms with Crippen LogP contribution < -0.4 is 11.0 Å². The zero-order valence-electron chi connectivity index (χ0n) is 16.8. The topological polar surface area (TPSA) is 72.2 Å². The normalized spacial score (nSPS) is 17.5. The van der Waals surface area contributed by atoms with Crippen molar-refractivity contribution in [3.8, 4) is 5.69 Å². The lowest BCUT2D eigenvalue weighted by molar-refractivity contribution is -0.121. The molecule has 1 atom stereocenters. The number of amides is 1. The average Bonchev–Trinajstić information content (AvgIpc) is 3.02. The van der Waals surface area contributed by atoms with Crippen LogP contribution in [0.3, 0.4) is 0 Å². The largest absolute Gasteiger partial charge is 0.353 e. The number of benzene rings is 1. The smallest absolute Gasteiger partial charge is 0.335 e. The van der Waals surface area contributed by atoms with Crippen molar-refractivity contribution in [1.29, 1.82) is 0 Å². The Labute approximate surface area is 170 Å². The summed E-state index contributed by atoms with van der Waals surface area (Å²) < 4.78 is 3.05. The first-order chi connectivity index (χ1) is 14.1. The van der Waals surface area contributed by atoms with E-state index < -0.39 is 0 Å². The van der Waals surface area contributed by atoms with Gasteiger partial charge in [0.1, 0.15) is 6.54 Å². The first-order valence-corrected chi connectivity index (χ1v) is 10.3. The van der Waals surface area contributed by atoms with Gasteiger partial charge >= 0.3 is 5.69 Å². The Morgan fingerprint density at radius 1 is 1.17 bits per heavy atom. The summed E-state index contributed by atoms with van der Waals surface area (Å²) in [6, 6.07) is 13.6. The Kier molecular flexibility index (Phi) is 5.76. The summed E-state index contributed by atoms with van der Waals surface area (Å²) in [7, 11) is 0. The molecular weight excluding hydrogens is 366 g/mol. The molecule has 2 aromatic heterocycles. The van der Waals surface area contributed by atoms with Crippen molar-refractivity contribution in [3.05, 3.63) is 59.1 Å². The highest BCUT2D eigenvalue weighted by Gasteiger charge is 2.19. The molecule has 0 saturated carbocycles. The molecule has 1 aromatic carbocycles. The van der Waals surface area contributed by atoms with E-state index in [1.807, 2.05) is 36.4 Å². The van der Waals surface area contributed by atoms with Crippen molar-refractivity contribution in [2.45, 2.75) is 38.8 Å². The molecule has 0 spiro atoms. The lowest BCUT2D eigenvalue weighted by Gasteiger charge is -2.33. The third kappa shape index (κ3) is 4.10. The number of nitrogens with one attached hydrogen (secondary N) is 1. The van der Waals surface area contributed by atoms with Gasteiger partial charge in [0.15, 0.2) is 5.65 Å². The van der Waals surface area contributed by atoms with Crippen molar-refractivity contribution in [2.24, 2.45) is 0 Å². The lowest BCUT2D eigenvalue weighted by atomic mass is 10.0. The zero-order chi connectivity index (χ0) is 20.2. The molecule has 0 bridgehead atoms. The molecule has 7 heteroatoms. The van der Waals surface area contributed by atoms with Crippen LogP contribution in [-0.2, 0) is 11.3 Å². The van der Waals surface area contributed by atoms with Crippen molar-refractivity contribution < 1.29 is 4.79 Å². The van der Waals surface area contributed by atoms with Crippen LogP contribution >= 0.6 is 0 Å². The minimum atomic E-state index is -0.260. The zero-order valence-corrected chi connectivity index (χ0v) is 16.8. The number of piperidine rings is 1. The Bertz CT molecular complexity index is 1040. The predicted octanol–water partition coefficient (Wildman–Crippen LogP) is 2.18. The molecule has 3 heterocycles. The molecule has 1 saturated heterocycles. The number of hydrogen-bond donors (Lipinski definition) is 1. The molecule has 0 aliphatic carbocycles. The van der Waals surface area contributed by atoms with Crippen LogP contribution in [0.15, 0.2) is 53.5 Å². The standard InChI is InChI=1S/C22H27N5O2/c1-17-8-5-6-14-25(17)15-13-23-20(28)16-26-19-11-7-12-24-21(19)27(22(26)29)18-9-3-2-4-10-18/h2-4,7,9-12,17H,5-6,8,13-16H2,1H3,(H,23,28)/t17-/m0/s1. The van der Waals surface area contributed by atoms with E-state index in [2.05, 4.69) is 22.1 Å². The van der Waals surface area contributed by atoms with Crippen LogP contribution in [0.4, 0.5) is 0 Å². The molecule has 29 heavy (non-hydrogen) atoms. The van der Waals surface area contributed by atoms with Crippen molar-refractivity contribution in [2.75, 3.05) is 19.6 Å². The van der Waals surface area contributed by atoms with Crippen LogP contribution in [0.2, 0.25) is 0 Å². The van der Waals surface area contributed by atoms with Gasteiger partial charge < -0.3 is 5.32 Å². The maximum absolute atomic E-state index is 13.1. The van der Waals surface area contributed by atoms with Gasteiger partial charge in [-0.15, -0.1) is 0 Å². The predicted molar refractivity (Wildman–Crippen MR) is 113 cm³/mol. The molecule has 7 nitrogen and oxygen atoms in total. The van der Waals surface area contributed by atoms with E-state index in [4.69, 9.17) is 0 Å². The van der Waals surface area contributed by atoms with Gasteiger partial charge in [0.2, 0.25) is 5.91 Å². The fourth-order valence-corrected chi connectivity index (χ4v) is 4.08. The van der Waals surface area contributed by atoms with Gasteiger partial charge in [-0.05, 0) is 50.6 Å². The first kappa shape index (κ1) is 19.4. The summed E-state index contributed by atoms with van der Waals surface area (Å²) in [6.07, 6.45) is 5.38. The van der Waals surface area contributed by atoms with Crippen LogP contribution in [0, 0.1) is 0 Å². The minimum absolute atomic E-state index is 0.0174. The number of rotatable bonds is 6. The maximum atomic E-state index is 13.1. The Morgan fingerprint density at radius 2 is 2.00 bits per heavy atom. The Balaban J connectivity index is 1.50. The van der Waals surface area contributed by atoms with Crippen molar-refractivity contribution >= 4 is 17.1 Å². The monoisotopic (exact) mass is 393 g/mol. The number of likely N-dealkylation sites (tertiary alicyclic amines) is 1. The van der Waals surface area contributed by atoms with Crippen LogP contribution in [-0.4, -0.2) is 50.6 Å². The fraction of sp³-hybridized carbons (Fsp3) is 0.409. The quantitative estimate of drug-likeness (QED) is 0.697. The number of aromatic nitrogens is 3. The van der Waals surface area contributed by atoms with E-state index in [0.717, 1.165) is 18.8 Å². The molecule has 152 valence electrons. The van der Waals surface area contributed by atoms with E-state index in [1.165, 1.54) is 23.8 Å². The number of carbonyl (C=O) groups excluding carboxylic acids is 1. The number of nitrogens with zero attached hydrogens (tertiary/aromatic N) is 4. The number of para-hydroxylation sites is 1. The highest BCUT2D eigenvalue weighted by atomic mass is 16.2. The van der Waals surface area contributed by atoms with Crippen molar-refractivity contribution in [3.63, 3.8) is 0 Å². The molecule has 1 amide bonds. The third-order valence-corrected chi connectivity index (χ3v) is 5.67. The fourth-order valence-electron chi connectivity index (χ4n) is 4.08. The Morgan fingerprint density at radius 3 is 2.79 bits per heavy atom. The van der Waals surface area contributed by atoms with E-state index in [0.29, 0.717) is 23.8 Å². The van der Waals surface area contributed by atoms with Gasteiger partial charge in [-0.3, -0.25) is 14.3 Å². The first-order valence-electron chi connectivity index (χ1n) is 10.3. The lowest BCUT2D eigenvalue weighted by Crippen LogP contribution is -2.43. The molecule has 3 aromatic rings. The summed E-state index contributed by atoms with van der Waals surface area (Å²) in [6.45, 7) is 4.75. The number of fused-ring (bicyclic) bond motifs is 1. The summed E-state index contributed by atoms with van der Waals surface area (Å²) in [5.74, 6) is -0.160. The van der Waals surface area contributed by atoms with Crippen LogP contribution in [0.5, 0.6) is 0 Å². The van der Waals surface area contributed by atoms with Crippen LogP contribution in [0.1, 0.15) is 26.2 Å². The van der Waals surface area contributed by atoms with Gasteiger partial charge in [0, 0.05) is 25.3 Å². The Hall–Kier alpha value is -2.93. The summed E-state index contributed by atoms with van der Waals surface area (Å²) in [4.78, 5) is 32.4. The number of imidazole rings is 1.